The van der Waals surface area contributed by atoms with E-state index >= 15 is 0 Å². The van der Waals surface area contributed by atoms with Crippen LogP contribution in [-0.4, -0.2) is 11.5 Å². The summed E-state index contributed by atoms with van der Waals surface area (Å²) in [7, 11) is 0. The predicted molar refractivity (Wildman–Crippen MR) is 75.3 cm³/mol. The summed E-state index contributed by atoms with van der Waals surface area (Å²) in [5.74, 6) is 1.97. The number of ether oxygens (including phenoxy) is 1. The first-order valence-electron chi connectivity index (χ1n) is 7.21. The lowest BCUT2D eigenvalue weighted by Crippen LogP contribution is -2.29. The van der Waals surface area contributed by atoms with Crippen LogP contribution in [0.4, 0.5) is 4.39 Å². The van der Waals surface area contributed by atoms with Crippen LogP contribution in [0.2, 0.25) is 0 Å². The van der Waals surface area contributed by atoms with E-state index < -0.39 is 0 Å². The number of hydrogen-bond acceptors (Lipinski definition) is 1. The molecule has 0 radical (unpaired) electrons. The third kappa shape index (κ3) is 2.89. The minimum absolute atomic E-state index is 0.174. The van der Waals surface area contributed by atoms with E-state index in [4.69, 9.17) is 16.3 Å². The number of benzene rings is 1. The summed E-state index contributed by atoms with van der Waals surface area (Å²) in [6.45, 7) is 2.30. The normalized spacial score (nSPS) is 33.8. The molecule has 0 saturated heterocycles. The molecule has 0 amide bonds. The molecule has 4 atom stereocenters. The topological polar surface area (TPSA) is 9.23 Å². The molecule has 19 heavy (non-hydrogen) atoms. The Morgan fingerprint density at radius 2 is 2.21 bits per heavy atom. The van der Waals surface area contributed by atoms with Gasteiger partial charge in [0.2, 0.25) is 0 Å². The quantitative estimate of drug-likeness (QED) is 0.723. The number of hydrogen-bond donors (Lipinski definition) is 0. The van der Waals surface area contributed by atoms with Crippen LogP contribution in [-0.2, 0) is 6.42 Å². The molecule has 1 saturated carbocycles. The zero-order valence-corrected chi connectivity index (χ0v) is 12.0. The number of fused-ring (bicyclic) bond motifs is 1. The minimum atomic E-state index is -0.176. The molecule has 0 N–H and O–H groups in total. The maximum Gasteiger partial charge on any atom is 0.123 e. The lowest BCUT2D eigenvalue weighted by Gasteiger charge is -2.32. The minimum Gasteiger partial charge on any atom is -0.490 e. The molecule has 1 nitrogen and oxygen atoms in total. The van der Waals surface area contributed by atoms with Crippen LogP contribution in [0.3, 0.4) is 0 Å². The molecule has 3 heteroatoms. The van der Waals surface area contributed by atoms with Crippen molar-refractivity contribution in [1.82, 2.24) is 0 Å². The average molecular weight is 283 g/mol. The zero-order valence-electron chi connectivity index (χ0n) is 11.2. The standard InChI is InChI=1S/C16H20ClFO/c1-10-2-4-15(17)11(6-10)8-14-9-12-7-13(18)3-5-16(12)19-14/h3,5,7,10-11,14-15H,2,4,6,8-9H2,1H3. The van der Waals surface area contributed by atoms with Crippen LogP contribution in [0, 0.1) is 17.7 Å². The monoisotopic (exact) mass is 282 g/mol. The van der Waals surface area contributed by atoms with Gasteiger partial charge in [-0.25, -0.2) is 4.39 Å². The number of rotatable bonds is 2. The van der Waals surface area contributed by atoms with Gasteiger partial charge >= 0.3 is 0 Å². The fourth-order valence-corrected chi connectivity index (χ4v) is 3.80. The van der Waals surface area contributed by atoms with Crippen LogP contribution in [0.1, 0.15) is 38.2 Å². The summed E-state index contributed by atoms with van der Waals surface area (Å²) < 4.78 is 19.1. The van der Waals surface area contributed by atoms with Gasteiger partial charge in [0.05, 0.1) is 0 Å². The molecule has 0 bridgehead atoms. The van der Waals surface area contributed by atoms with Crippen molar-refractivity contribution in [3.63, 3.8) is 0 Å². The van der Waals surface area contributed by atoms with Crippen molar-refractivity contribution in [2.75, 3.05) is 0 Å². The maximum atomic E-state index is 13.2. The Balaban J connectivity index is 1.63. The van der Waals surface area contributed by atoms with Gasteiger partial charge in [0, 0.05) is 17.4 Å². The third-order valence-corrected chi connectivity index (χ3v) is 5.06. The van der Waals surface area contributed by atoms with Gasteiger partial charge in [0.1, 0.15) is 17.7 Å². The Morgan fingerprint density at radius 1 is 1.37 bits per heavy atom. The van der Waals surface area contributed by atoms with E-state index in [1.807, 2.05) is 0 Å². The van der Waals surface area contributed by atoms with Gasteiger partial charge < -0.3 is 4.74 Å². The summed E-state index contributed by atoms with van der Waals surface area (Å²) in [4.78, 5) is 0. The summed E-state index contributed by atoms with van der Waals surface area (Å²) in [5.41, 5.74) is 1.000. The van der Waals surface area contributed by atoms with E-state index in [2.05, 4.69) is 6.92 Å². The highest BCUT2D eigenvalue weighted by Gasteiger charge is 2.32. The molecule has 4 unspecified atom stereocenters. The summed E-state index contributed by atoms with van der Waals surface area (Å²) in [6, 6.07) is 4.80. The van der Waals surface area contributed by atoms with Crippen molar-refractivity contribution >= 4 is 11.6 Å². The summed E-state index contributed by atoms with van der Waals surface area (Å²) in [5, 5.41) is 0.278. The Kier molecular flexibility index (Phi) is 3.70. The van der Waals surface area contributed by atoms with Crippen LogP contribution in [0.25, 0.3) is 0 Å². The predicted octanol–water partition coefficient (Wildman–Crippen LogP) is 4.56. The lowest BCUT2D eigenvalue weighted by molar-refractivity contribution is 0.163. The molecule has 3 rings (SSSR count). The summed E-state index contributed by atoms with van der Waals surface area (Å²) >= 11 is 6.45. The van der Waals surface area contributed by atoms with Crippen LogP contribution < -0.4 is 4.74 Å². The second kappa shape index (κ2) is 5.32. The van der Waals surface area contributed by atoms with Gasteiger partial charge in [-0.15, -0.1) is 11.6 Å². The smallest absolute Gasteiger partial charge is 0.123 e. The van der Waals surface area contributed by atoms with Gasteiger partial charge in [0.25, 0.3) is 0 Å². The highest BCUT2D eigenvalue weighted by Crippen LogP contribution is 2.38. The molecule has 1 fully saturated rings. The number of alkyl halides is 1. The van der Waals surface area contributed by atoms with Crippen molar-refractivity contribution in [2.24, 2.45) is 11.8 Å². The second-order valence-electron chi connectivity index (χ2n) is 6.13. The van der Waals surface area contributed by atoms with E-state index in [9.17, 15) is 4.39 Å². The average Bonchev–Trinajstić information content (AvgIpc) is 2.75. The van der Waals surface area contributed by atoms with Crippen molar-refractivity contribution in [2.45, 2.75) is 50.5 Å². The fraction of sp³-hybridized carbons (Fsp3) is 0.625. The van der Waals surface area contributed by atoms with E-state index in [-0.39, 0.29) is 17.3 Å². The van der Waals surface area contributed by atoms with Crippen molar-refractivity contribution in [1.29, 1.82) is 0 Å². The number of halogens is 2. The second-order valence-corrected chi connectivity index (χ2v) is 6.69. The highest BCUT2D eigenvalue weighted by molar-refractivity contribution is 6.20. The van der Waals surface area contributed by atoms with E-state index in [1.54, 1.807) is 12.1 Å². The molecule has 1 aromatic rings. The molecule has 0 spiro atoms. The van der Waals surface area contributed by atoms with Gasteiger partial charge in [-0.2, -0.15) is 0 Å². The molecule has 1 aliphatic heterocycles. The lowest BCUT2D eigenvalue weighted by atomic mass is 9.79. The molecule has 1 aromatic carbocycles. The largest absolute Gasteiger partial charge is 0.490 e. The molecule has 1 aliphatic carbocycles. The highest BCUT2D eigenvalue weighted by atomic mass is 35.5. The van der Waals surface area contributed by atoms with E-state index in [1.165, 1.54) is 18.9 Å². The van der Waals surface area contributed by atoms with Crippen molar-refractivity contribution in [3.05, 3.63) is 29.6 Å². The van der Waals surface area contributed by atoms with Crippen LogP contribution >= 0.6 is 11.6 Å². The first kappa shape index (κ1) is 13.2. The van der Waals surface area contributed by atoms with E-state index in [0.717, 1.165) is 36.5 Å². The molecular weight excluding hydrogens is 263 g/mol. The van der Waals surface area contributed by atoms with Crippen molar-refractivity contribution < 1.29 is 9.13 Å². The Hall–Kier alpha value is -0.760. The van der Waals surface area contributed by atoms with Gasteiger partial charge in [-0.05, 0) is 55.7 Å². The maximum absolute atomic E-state index is 13.2. The molecular formula is C16H20ClFO. The molecule has 104 valence electrons. The van der Waals surface area contributed by atoms with E-state index in [0.29, 0.717) is 5.92 Å². The Morgan fingerprint density at radius 3 is 3.05 bits per heavy atom. The molecule has 1 heterocycles. The van der Waals surface area contributed by atoms with Crippen LogP contribution in [0.5, 0.6) is 5.75 Å². The third-order valence-electron chi connectivity index (χ3n) is 4.48. The SMILES string of the molecule is CC1CCC(Cl)C(CC2Cc3cc(F)ccc3O2)C1. The Labute approximate surface area is 119 Å². The Bertz CT molecular complexity index is 462. The fourth-order valence-electron chi connectivity index (χ4n) is 3.46. The van der Waals surface area contributed by atoms with Gasteiger partial charge in [0.15, 0.2) is 0 Å². The first-order valence-corrected chi connectivity index (χ1v) is 7.64. The van der Waals surface area contributed by atoms with Crippen molar-refractivity contribution in [3.8, 4) is 5.75 Å². The van der Waals surface area contributed by atoms with Gasteiger partial charge in [-0.3, -0.25) is 0 Å². The van der Waals surface area contributed by atoms with Crippen LogP contribution in [0.15, 0.2) is 18.2 Å². The zero-order chi connectivity index (χ0) is 13.4. The summed E-state index contributed by atoms with van der Waals surface area (Å²) in [6.07, 6.45) is 5.53. The van der Waals surface area contributed by atoms with Gasteiger partial charge in [-0.1, -0.05) is 6.92 Å². The molecule has 0 aromatic heterocycles. The first-order chi connectivity index (χ1) is 9.11. The molecule has 2 aliphatic rings.